The zero-order valence-electron chi connectivity index (χ0n) is 15.5. The van der Waals surface area contributed by atoms with E-state index in [-0.39, 0.29) is 29.1 Å². The monoisotopic (exact) mass is 428 g/mol. The SMILES string of the molecule is O=C(c1ccc(-c2cc(Cl)ccc2Cl)o1)N1C[C@@H]2C[C@@H](C1)c1cccc(=O)n1C2. The predicted molar refractivity (Wildman–Crippen MR) is 112 cm³/mol. The first-order chi connectivity index (χ1) is 14.0. The van der Waals surface area contributed by atoms with Crippen LogP contribution in [0.15, 0.2) is 57.7 Å². The summed E-state index contributed by atoms with van der Waals surface area (Å²) < 4.78 is 7.70. The highest BCUT2D eigenvalue weighted by Crippen LogP contribution is 2.36. The van der Waals surface area contributed by atoms with E-state index in [9.17, 15) is 9.59 Å². The van der Waals surface area contributed by atoms with Crippen LogP contribution in [-0.2, 0) is 6.54 Å². The lowest BCUT2D eigenvalue weighted by molar-refractivity contribution is 0.0564. The van der Waals surface area contributed by atoms with Crippen LogP contribution in [-0.4, -0.2) is 28.5 Å². The number of fused-ring (bicyclic) bond motifs is 4. The molecule has 5 rings (SSSR count). The molecule has 1 aromatic carbocycles. The smallest absolute Gasteiger partial charge is 0.289 e. The number of carbonyl (C=O) groups is 1. The molecular formula is C22H18Cl2N2O3. The lowest BCUT2D eigenvalue weighted by atomic mass is 9.83. The summed E-state index contributed by atoms with van der Waals surface area (Å²) >= 11 is 12.3. The minimum atomic E-state index is -0.143. The number of nitrogens with zero attached hydrogens (tertiary/aromatic N) is 2. The summed E-state index contributed by atoms with van der Waals surface area (Å²) in [5.74, 6) is 1.08. The van der Waals surface area contributed by atoms with Gasteiger partial charge >= 0.3 is 0 Å². The van der Waals surface area contributed by atoms with Crippen molar-refractivity contribution in [1.82, 2.24) is 9.47 Å². The van der Waals surface area contributed by atoms with E-state index in [4.69, 9.17) is 27.6 Å². The molecule has 0 radical (unpaired) electrons. The maximum Gasteiger partial charge on any atom is 0.289 e. The Morgan fingerprint density at radius 1 is 1.03 bits per heavy atom. The third-order valence-corrected chi connectivity index (χ3v) is 6.34. The number of furan rings is 1. The number of pyridine rings is 1. The number of amides is 1. The topological polar surface area (TPSA) is 55.5 Å². The number of benzene rings is 1. The molecule has 0 spiro atoms. The van der Waals surface area contributed by atoms with Crippen LogP contribution in [0.2, 0.25) is 10.0 Å². The van der Waals surface area contributed by atoms with Crippen molar-refractivity contribution < 1.29 is 9.21 Å². The maximum absolute atomic E-state index is 13.1. The van der Waals surface area contributed by atoms with Crippen LogP contribution in [0.4, 0.5) is 0 Å². The Labute approximate surface area is 177 Å². The van der Waals surface area contributed by atoms with Crippen LogP contribution >= 0.6 is 23.2 Å². The number of rotatable bonds is 2. The van der Waals surface area contributed by atoms with Crippen molar-refractivity contribution in [1.29, 1.82) is 0 Å². The number of carbonyl (C=O) groups excluding carboxylic acids is 1. The minimum absolute atomic E-state index is 0.0334. The summed E-state index contributed by atoms with van der Waals surface area (Å²) in [6.07, 6.45) is 0.995. The average molecular weight is 429 g/mol. The standard InChI is InChI=1S/C22H18Cl2N2O3/c23-15-4-5-17(24)16(9-15)19-6-7-20(29-19)22(28)25-10-13-8-14(12-25)18-2-1-3-21(27)26(18)11-13/h1-7,9,13-14H,8,10-12H2/t13-,14-/m0/s1. The first-order valence-electron chi connectivity index (χ1n) is 9.54. The molecule has 3 aromatic rings. The highest BCUT2D eigenvalue weighted by Gasteiger charge is 2.37. The fourth-order valence-corrected chi connectivity index (χ4v) is 4.88. The van der Waals surface area contributed by atoms with Gasteiger partial charge in [0.1, 0.15) is 5.76 Å². The van der Waals surface area contributed by atoms with E-state index in [1.54, 1.807) is 42.5 Å². The fourth-order valence-electron chi connectivity index (χ4n) is 4.50. The Kier molecular flexibility index (Phi) is 4.52. The van der Waals surface area contributed by atoms with Gasteiger partial charge in [-0.1, -0.05) is 29.3 Å². The lowest BCUT2D eigenvalue weighted by Gasteiger charge is -2.42. The average Bonchev–Trinajstić information content (AvgIpc) is 3.20. The number of hydrogen-bond acceptors (Lipinski definition) is 3. The summed E-state index contributed by atoms with van der Waals surface area (Å²) in [5, 5.41) is 1.06. The molecule has 1 fully saturated rings. The first-order valence-corrected chi connectivity index (χ1v) is 10.3. The van der Waals surface area contributed by atoms with Crippen molar-refractivity contribution in [3.05, 3.63) is 80.4 Å². The molecule has 1 saturated heterocycles. The van der Waals surface area contributed by atoms with Crippen LogP contribution in [0.1, 0.15) is 28.6 Å². The van der Waals surface area contributed by atoms with E-state index in [1.807, 2.05) is 15.5 Å². The predicted octanol–water partition coefficient (Wildman–Crippen LogP) is 4.67. The van der Waals surface area contributed by atoms with Crippen LogP contribution in [0.25, 0.3) is 11.3 Å². The van der Waals surface area contributed by atoms with Gasteiger partial charge in [-0.15, -0.1) is 0 Å². The molecule has 0 aliphatic carbocycles. The number of aromatic nitrogens is 1. The van der Waals surface area contributed by atoms with E-state index < -0.39 is 0 Å². The molecule has 29 heavy (non-hydrogen) atoms. The molecule has 2 bridgehead atoms. The summed E-state index contributed by atoms with van der Waals surface area (Å²) in [6.45, 7) is 1.84. The number of hydrogen-bond donors (Lipinski definition) is 0. The van der Waals surface area contributed by atoms with Gasteiger partial charge < -0.3 is 13.9 Å². The second kappa shape index (κ2) is 7.08. The zero-order valence-corrected chi connectivity index (χ0v) is 17.0. The molecule has 2 atom stereocenters. The van der Waals surface area contributed by atoms with Crippen molar-refractivity contribution in [3.63, 3.8) is 0 Å². The lowest BCUT2D eigenvalue weighted by Crippen LogP contribution is -2.49. The Bertz CT molecular complexity index is 1170. The van der Waals surface area contributed by atoms with E-state index in [0.717, 1.165) is 12.1 Å². The van der Waals surface area contributed by atoms with Crippen molar-refractivity contribution in [2.24, 2.45) is 5.92 Å². The van der Waals surface area contributed by atoms with E-state index in [1.165, 1.54) is 0 Å². The van der Waals surface area contributed by atoms with Crippen LogP contribution < -0.4 is 5.56 Å². The van der Waals surface area contributed by atoms with Gasteiger partial charge in [-0.05, 0) is 48.7 Å². The fraction of sp³-hybridized carbons (Fsp3) is 0.273. The Morgan fingerprint density at radius 3 is 2.76 bits per heavy atom. The first kappa shape index (κ1) is 18.5. The molecule has 1 amide bonds. The van der Waals surface area contributed by atoms with Crippen molar-refractivity contribution in [3.8, 4) is 11.3 Å². The minimum Gasteiger partial charge on any atom is -0.451 e. The maximum atomic E-state index is 13.1. The van der Waals surface area contributed by atoms with Gasteiger partial charge in [-0.2, -0.15) is 0 Å². The summed E-state index contributed by atoms with van der Waals surface area (Å²) in [7, 11) is 0. The van der Waals surface area contributed by atoms with Crippen LogP contribution in [0.3, 0.4) is 0 Å². The van der Waals surface area contributed by atoms with E-state index in [0.29, 0.717) is 41.0 Å². The Morgan fingerprint density at radius 2 is 1.90 bits per heavy atom. The third kappa shape index (κ3) is 3.28. The second-order valence-electron chi connectivity index (χ2n) is 7.70. The molecule has 2 aromatic heterocycles. The number of piperidine rings is 1. The molecule has 4 heterocycles. The molecule has 2 aliphatic heterocycles. The van der Waals surface area contributed by atoms with Crippen LogP contribution in [0, 0.1) is 5.92 Å². The highest BCUT2D eigenvalue weighted by atomic mass is 35.5. The summed E-state index contributed by atoms with van der Waals surface area (Å²) in [4.78, 5) is 27.1. The van der Waals surface area contributed by atoms with Gasteiger partial charge in [0.15, 0.2) is 5.76 Å². The normalized spacial score (nSPS) is 20.4. The van der Waals surface area contributed by atoms with Crippen molar-refractivity contribution in [2.75, 3.05) is 13.1 Å². The van der Waals surface area contributed by atoms with Gasteiger partial charge in [0.25, 0.3) is 11.5 Å². The largest absolute Gasteiger partial charge is 0.451 e. The number of likely N-dealkylation sites (tertiary alicyclic amines) is 1. The molecule has 148 valence electrons. The number of halogens is 2. The Hall–Kier alpha value is -2.50. The van der Waals surface area contributed by atoms with E-state index >= 15 is 0 Å². The van der Waals surface area contributed by atoms with Gasteiger partial charge in [0.05, 0.1) is 5.02 Å². The molecule has 5 nitrogen and oxygen atoms in total. The highest BCUT2D eigenvalue weighted by molar-refractivity contribution is 6.35. The Balaban J connectivity index is 1.41. The molecule has 0 N–H and O–H groups in total. The third-order valence-electron chi connectivity index (χ3n) is 5.78. The molecular weight excluding hydrogens is 411 g/mol. The second-order valence-corrected chi connectivity index (χ2v) is 8.54. The van der Waals surface area contributed by atoms with Gasteiger partial charge in [0.2, 0.25) is 0 Å². The molecule has 2 aliphatic rings. The molecule has 0 unspecified atom stereocenters. The quantitative estimate of drug-likeness (QED) is 0.595. The van der Waals surface area contributed by atoms with Crippen molar-refractivity contribution >= 4 is 29.1 Å². The van der Waals surface area contributed by atoms with E-state index in [2.05, 4.69) is 0 Å². The summed E-state index contributed by atoms with van der Waals surface area (Å²) in [5.41, 5.74) is 1.70. The molecule has 0 saturated carbocycles. The van der Waals surface area contributed by atoms with Gasteiger partial charge in [0, 0.05) is 47.9 Å². The van der Waals surface area contributed by atoms with Gasteiger partial charge in [-0.3, -0.25) is 9.59 Å². The summed E-state index contributed by atoms with van der Waals surface area (Å²) in [6, 6.07) is 13.9. The van der Waals surface area contributed by atoms with Crippen LogP contribution in [0.5, 0.6) is 0 Å². The van der Waals surface area contributed by atoms with Crippen molar-refractivity contribution in [2.45, 2.75) is 18.9 Å². The molecule has 7 heteroatoms. The zero-order chi connectivity index (χ0) is 20.1. The van der Waals surface area contributed by atoms with Gasteiger partial charge in [-0.25, -0.2) is 0 Å².